The van der Waals surface area contributed by atoms with Crippen LogP contribution in [-0.4, -0.2) is 26.2 Å². The van der Waals surface area contributed by atoms with E-state index < -0.39 is 21.9 Å². The first kappa shape index (κ1) is 18.3. The number of nitrogens with two attached hydrogens (primary N) is 1. The number of aliphatic hydroxyl groups excluding tert-OH is 1. The van der Waals surface area contributed by atoms with Crippen LogP contribution in [0.3, 0.4) is 0 Å². The Morgan fingerprint density at radius 1 is 1.43 bits per heavy atom. The lowest BCUT2D eigenvalue weighted by Crippen LogP contribution is -2.44. The summed E-state index contributed by atoms with van der Waals surface area (Å²) in [7, 11) is -3.92. The molecule has 0 aliphatic heterocycles. The Balaban J connectivity index is 3.20. The summed E-state index contributed by atoms with van der Waals surface area (Å²) in [6, 6.07) is 1.61. The topological polar surface area (TPSA) is 92.4 Å². The van der Waals surface area contributed by atoms with Crippen LogP contribution in [0.1, 0.15) is 27.2 Å². The molecule has 1 rings (SSSR count). The van der Waals surface area contributed by atoms with Crippen molar-refractivity contribution in [3.05, 3.63) is 22.4 Å². The number of hydrogen-bond donors (Lipinski definition) is 3. The number of halogens is 2. The molecule has 1 atom stereocenters. The number of anilines is 1. The second kappa shape index (κ2) is 6.60. The van der Waals surface area contributed by atoms with Crippen LogP contribution >= 0.6 is 15.9 Å². The van der Waals surface area contributed by atoms with Gasteiger partial charge in [0, 0.05) is 12.6 Å². The molecule has 1 aromatic rings. The predicted octanol–water partition coefficient (Wildman–Crippen LogP) is 2.25. The molecular formula is C13H20BrFN2O3S. The molecule has 0 aromatic heterocycles. The number of nitrogens with one attached hydrogen (secondary N) is 1. The maximum Gasteiger partial charge on any atom is 0.242 e. The summed E-state index contributed by atoms with van der Waals surface area (Å²) in [5, 5.41) is 9.09. The molecule has 0 radical (unpaired) electrons. The molecule has 1 unspecified atom stereocenters. The van der Waals surface area contributed by atoms with E-state index in [-0.39, 0.29) is 33.5 Å². The van der Waals surface area contributed by atoms with Gasteiger partial charge in [0.05, 0.1) is 10.2 Å². The summed E-state index contributed by atoms with van der Waals surface area (Å²) in [5.74, 6) is -0.630. The van der Waals surface area contributed by atoms with E-state index in [1.807, 2.05) is 20.8 Å². The van der Waals surface area contributed by atoms with E-state index in [9.17, 15) is 12.8 Å². The molecule has 21 heavy (non-hydrogen) atoms. The summed E-state index contributed by atoms with van der Waals surface area (Å²) in [5.41, 5.74) is 5.05. The minimum atomic E-state index is -3.92. The Bertz CT molecular complexity index is 615. The molecule has 120 valence electrons. The average Bonchev–Trinajstić information content (AvgIpc) is 2.31. The summed E-state index contributed by atoms with van der Waals surface area (Å²) in [4.78, 5) is -0.192. The molecule has 1 aromatic carbocycles. The van der Waals surface area contributed by atoms with Gasteiger partial charge in [-0.05, 0) is 39.9 Å². The lowest BCUT2D eigenvalue weighted by Gasteiger charge is -2.31. The second-order valence-corrected chi connectivity index (χ2v) is 8.39. The van der Waals surface area contributed by atoms with Crippen molar-refractivity contribution in [2.45, 2.75) is 38.1 Å². The zero-order valence-corrected chi connectivity index (χ0v) is 14.6. The minimum absolute atomic E-state index is 0.0199. The Labute approximate surface area is 132 Å². The lowest BCUT2D eigenvalue weighted by molar-refractivity contribution is 0.214. The van der Waals surface area contributed by atoms with Crippen molar-refractivity contribution in [1.29, 1.82) is 0 Å². The molecule has 0 aliphatic carbocycles. The Kier molecular flexibility index (Phi) is 5.76. The smallest absolute Gasteiger partial charge is 0.242 e. The van der Waals surface area contributed by atoms with Crippen molar-refractivity contribution in [1.82, 2.24) is 4.72 Å². The van der Waals surface area contributed by atoms with Gasteiger partial charge in [0.1, 0.15) is 10.7 Å². The monoisotopic (exact) mass is 382 g/mol. The van der Waals surface area contributed by atoms with E-state index >= 15 is 0 Å². The van der Waals surface area contributed by atoms with Crippen LogP contribution < -0.4 is 10.5 Å². The normalized spacial score (nSPS) is 14.2. The van der Waals surface area contributed by atoms with Crippen molar-refractivity contribution in [2.24, 2.45) is 5.41 Å². The molecule has 0 spiro atoms. The highest BCUT2D eigenvalue weighted by atomic mass is 79.9. The van der Waals surface area contributed by atoms with Crippen molar-refractivity contribution in [3.8, 4) is 0 Å². The highest BCUT2D eigenvalue weighted by Crippen LogP contribution is 2.28. The largest absolute Gasteiger partial charge is 0.398 e. The molecule has 8 heteroatoms. The minimum Gasteiger partial charge on any atom is -0.398 e. The van der Waals surface area contributed by atoms with Gasteiger partial charge in [-0.2, -0.15) is 0 Å². The molecule has 5 nitrogen and oxygen atoms in total. The quantitative estimate of drug-likeness (QED) is 0.680. The van der Waals surface area contributed by atoms with E-state index in [2.05, 4.69) is 20.7 Å². The van der Waals surface area contributed by atoms with E-state index in [1.165, 1.54) is 0 Å². The summed E-state index contributed by atoms with van der Waals surface area (Å²) in [6.07, 6.45) is 0.269. The van der Waals surface area contributed by atoms with E-state index in [4.69, 9.17) is 10.8 Å². The predicted molar refractivity (Wildman–Crippen MR) is 83.8 cm³/mol. The third kappa shape index (κ3) is 4.64. The van der Waals surface area contributed by atoms with E-state index in [0.29, 0.717) is 0 Å². The van der Waals surface area contributed by atoms with Gasteiger partial charge in [-0.1, -0.05) is 20.8 Å². The molecule has 0 heterocycles. The molecule has 0 aliphatic rings. The standard InChI is InChI=1S/C13H20BrFN2O3S/c1-13(2,3)12(4-5-18)17-21(19,20)11-6-8(14)9(15)7-10(11)16/h6-7,12,17-18H,4-5,16H2,1-3H3. The molecule has 0 amide bonds. The van der Waals surface area contributed by atoms with Crippen molar-refractivity contribution >= 4 is 31.6 Å². The number of nitrogen functional groups attached to an aromatic ring is 1. The van der Waals surface area contributed by atoms with Crippen LogP contribution in [0.5, 0.6) is 0 Å². The SMILES string of the molecule is CC(C)(C)C(CCO)NS(=O)(=O)c1cc(Br)c(F)cc1N. The lowest BCUT2D eigenvalue weighted by atomic mass is 9.86. The van der Waals surface area contributed by atoms with Gasteiger partial charge >= 0.3 is 0 Å². The molecular weight excluding hydrogens is 363 g/mol. The Hall–Kier alpha value is -0.700. The van der Waals surface area contributed by atoms with Crippen molar-refractivity contribution in [3.63, 3.8) is 0 Å². The van der Waals surface area contributed by atoms with Crippen LogP contribution in [0.25, 0.3) is 0 Å². The second-order valence-electron chi connectivity index (χ2n) is 5.86. The number of benzene rings is 1. The first-order valence-electron chi connectivity index (χ1n) is 6.36. The van der Waals surface area contributed by atoms with Gasteiger partial charge < -0.3 is 10.8 Å². The summed E-state index contributed by atoms with van der Waals surface area (Å²) < 4.78 is 40.8. The Morgan fingerprint density at radius 3 is 2.48 bits per heavy atom. The van der Waals surface area contributed by atoms with Crippen LogP contribution in [-0.2, 0) is 10.0 Å². The first-order valence-corrected chi connectivity index (χ1v) is 8.64. The Morgan fingerprint density at radius 2 is 2.00 bits per heavy atom. The third-order valence-corrected chi connectivity index (χ3v) is 5.24. The molecule has 0 fully saturated rings. The summed E-state index contributed by atoms with van der Waals surface area (Å²) >= 11 is 2.95. The number of aliphatic hydroxyl groups is 1. The maximum atomic E-state index is 13.3. The van der Waals surface area contributed by atoms with Crippen LogP contribution in [0, 0.1) is 11.2 Å². The van der Waals surface area contributed by atoms with Gasteiger partial charge in [0.15, 0.2) is 0 Å². The van der Waals surface area contributed by atoms with Gasteiger partial charge in [0.2, 0.25) is 10.0 Å². The average molecular weight is 383 g/mol. The van der Waals surface area contributed by atoms with Gasteiger partial charge in [-0.15, -0.1) is 0 Å². The maximum absolute atomic E-state index is 13.3. The van der Waals surface area contributed by atoms with Crippen molar-refractivity contribution in [2.75, 3.05) is 12.3 Å². The highest BCUT2D eigenvalue weighted by Gasteiger charge is 2.30. The fourth-order valence-corrected chi connectivity index (χ4v) is 3.94. The van der Waals surface area contributed by atoms with E-state index in [0.717, 1.165) is 12.1 Å². The van der Waals surface area contributed by atoms with Crippen LogP contribution in [0.4, 0.5) is 10.1 Å². The first-order chi connectivity index (χ1) is 9.49. The fourth-order valence-electron chi connectivity index (χ4n) is 1.83. The zero-order valence-electron chi connectivity index (χ0n) is 12.2. The van der Waals surface area contributed by atoms with Gasteiger partial charge in [-0.25, -0.2) is 17.5 Å². The van der Waals surface area contributed by atoms with Crippen LogP contribution in [0.2, 0.25) is 0 Å². The molecule has 0 bridgehead atoms. The highest BCUT2D eigenvalue weighted by molar-refractivity contribution is 9.10. The molecule has 4 N–H and O–H groups in total. The van der Waals surface area contributed by atoms with Gasteiger partial charge in [-0.3, -0.25) is 0 Å². The van der Waals surface area contributed by atoms with E-state index in [1.54, 1.807) is 0 Å². The van der Waals surface area contributed by atoms with Gasteiger partial charge in [0.25, 0.3) is 0 Å². The fraction of sp³-hybridized carbons (Fsp3) is 0.538. The summed E-state index contributed by atoms with van der Waals surface area (Å²) in [6.45, 7) is 5.44. The molecule has 0 saturated heterocycles. The number of sulfonamides is 1. The number of rotatable bonds is 5. The van der Waals surface area contributed by atoms with Crippen molar-refractivity contribution < 1.29 is 17.9 Å². The third-order valence-electron chi connectivity index (χ3n) is 3.10. The molecule has 0 saturated carbocycles. The van der Waals surface area contributed by atoms with Crippen LogP contribution in [0.15, 0.2) is 21.5 Å². The zero-order chi connectivity index (χ0) is 16.4. The number of hydrogen-bond acceptors (Lipinski definition) is 4.